The van der Waals surface area contributed by atoms with Crippen LogP contribution < -0.4 is 5.73 Å². The molecule has 2 aromatic rings. The number of anilines is 1. The summed E-state index contributed by atoms with van der Waals surface area (Å²) in [7, 11) is 0. The molecular weight excluding hydrogens is 249 g/mol. The van der Waals surface area contributed by atoms with Crippen LogP contribution in [0, 0.1) is 12.7 Å². The van der Waals surface area contributed by atoms with Crippen molar-refractivity contribution >= 4 is 22.7 Å². The van der Waals surface area contributed by atoms with Gasteiger partial charge in [0, 0.05) is 5.69 Å². The molecule has 0 bridgehead atoms. The van der Waals surface area contributed by atoms with Crippen LogP contribution in [0.15, 0.2) is 6.07 Å². The van der Waals surface area contributed by atoms with E-state index in [0.717, 1.165) is 0 Å². The molecule has 5 nitrogen and oxygen atoms in total. The van der Waals surface area contributed by atoms with Crippen LogP contribution >= 0.6 is 0 Å². The first-order chi connectivity index (χ1) is 8.69. The van der Waals surface area contributed by atoms with Gasteiger partial charge in [-0.3, -0.25) is 0 Å². The zero-order valence-corrected chi connectivity index (χ0v) is 11.3. The lowest BCUT2D eigenvalue weighted by Crippen LogP contribution is -2.24. The van der Waals surface area contributed by atoms with Crippen molar-refractivity contribution in [2.24, 2.45) is 0 Å². The number of nitrogens with two attached hydrogens (primary N) is 1. The molecule has 0 radical (unpaired) electrons. The van der Waals surface area contributed by atoms with Crippen molar-refractivity contribution in [3.8, 4) is 0 Å². The Kier molecular flexibility index (Phi) is 2.96. The number of esters is 1. The van der Waals surface area contributed by atoms with Gasteiger partial charge in [0.2, 0.25) is 5.82 Å². The number of hydrogen-bond acceptors (Lipinski definition) is 4. The Bertz CT molecular complexity index is 656. The predicted octanol–water partition coefficient (Wildman–Crippen LogP) is 2.55. The largest absolute Gasteiger partial charge is 0.454 e. The number of carbonyl (C=O) groups excluding carboxylic acids is 1. The number of aryl methyl sites for hydroxylation is 1. The molecule has 0 atom stereocenters. The summed E-state index contributed by atoms with van der Waals surface area (Å²) in [5.41, 5.74) is 6.50. The van der Waals surface area contributed by atoms with E-state index in [1.165, 1.54) is 6.07 Å². The van der Waals surface area contributed by atoms with Gasteiger partial charge in [-0.25, -0.2) is 14.2 Å². The average Bonchev–Trinajstić information content (AvgIpc) is 2.69. The maximum Gasteiger partial charge on any atom is 0.374 e. The number of ether oxygens (including phenoxy) is 1. The Morgan fingerprint density at radius 2 is 2.11 bits per heavy atom. The lowest BCUT2D eigenvalue weighted by atomic mass is 10.1. The van der Waals surface area contributed by atoms with E-state index in [9.17, 15) is 9.18 Å². The summed E-state index contributed by atoms with van der Waals surface area (Å²) in [6.45, 7) is 6.97. The number of nitrogen functional groups attached to an aromatic ring is 1. The van der Waals surface area contributed by atoms with Crippen molar-refractivity contribution < 1.29 is 13.9 Å². The van der Waals surface area contributed by atoms with Gasteiger partial charge >= 0.3 is 5.97 Å². The first kappa shape index (κ1) is 13.3. The number of carbonyl (C=O) groups is 1. The fourth-order valence-corrected chi connectivity index (χ4v) is 1.70. The maximum absolute atomic E-state index is 13.7. The molecule has 0 spiro atoms. The Balaban J connectivity index is 2.51. The zero-order valence-electron chi connectivity index (χ0n) is 11.3. The van der Waals surface area contributed by atoms with Crippen LogP contribution in [0.2, 0.25) is 0 Å². The van der Waals surface area contributed by atoms with Crippen molar-refractivity contribution in [2.45, 2.75) is 33.3 Å². The summed E-state index contributed by atoms with van der Waals surface area (Å²) in [4.78, 5) is 18.6. The number of nitrogens with one attached hydrogen (secondary N) is 1. The van der Waals surface area contributed by atoms with Crippen LogP contribution in [0.1, 0.15) is 37.0 Å². The van der Waals surface area contributed by atoms with Gasteiger partial charge in [-0.2, -0.15) is 0 Å². The standard InChI is InChI=1S/C13H16FN3O2/c1-6-8(15)5-7(14)10-9(6)16-11(17-10)12(18)19-13(2,3)4/h5H,15H2,1-4H3,(H,16,17). The van der Waals surface area contributed by atoms with Crippen molar-refractivity contribution in [1.82, 2.24) is 9.97 Å². The first-order valence-corrected chi connectivity index (χ1v) is 5.86. The minimum Gasteiger partial charge on any atom is -0.454 e. The van der Waals surface area contributed by atoms with Gasteiger partial charge in [-0.1, -0.05) is 0 Å². The summed E-state index contributed by atoms with van der Waals surface area (Å²) >= 11 is 0. The molecule has 6 heteroatoms. The van der Waals surface area contributed by atoms with Gasteiger partial charge in [-0.15, -0.1) is 0 Å². The Hall–Kier alpha value is -2.11. The van der Waals surface area contributed by atoms with Gasteiger partial charge in [-0.05, 0) is 39.3 Å². The zero-order chi connectivity index (χ0) is 14.4. The highest BCUT2D eigenvalue weighted by Crippen LogP contribution is 2.25. The molecule has 0 aliphatic heterocycles. The number of imidazole rings is 1. The second kappa shape index (κ2) is 4.22. The van der Waals surface area contributed by atoms with Gasteiger partial charge < -0.3 is 15.5 Å². The summed E-state index contributed by atoms with van der Waals surface area (Å²) in [6, 6.07) is 1.19. The molecule has 3 N–H and O–H groups in total. The van der Waals surface area contributed by atoms with E-state index >= 15 is 0 Å². The van der Waals surface area contributed by atoms with E-state index in [1.54, 1.807) is 27.7 Å². The van der Waals surface area contributed by atoms with Crippen molar-refractivity contribution in [3.05, 3.63) is 23.3 Å². The number of H-pyrrole nitrogens is 1. The number of aromatic nitrogens is 2. The van der Waals surface area contributed by atoms with Crippen LogP contribution in [0.5, 0.6) is 0 Å². The minimum atomic E-state index is -0.636. The third kappa shape index (κ3) is 2.52. The lowest BCUT2D eigenvalue weighted by Gasteiger charge is -2.18. The van der Waals surface area contributed by atoms with E-state index in [1.807, 2.05) is 0 Å². The average molecular weight is 265 g/mol. The summed E-state index contributed by atoms with van der Waals surface area (Å²) in [5, 5.41) is 0. The second-order valence-electron chi connectivity index (χ2n) is 5.38. The van der Waals surface area contributed by atoms with Crippen molar-refractivity contribution in [1.29, 1.82) is 0 Å². The Morgan fingerprint density at radius 1 is 1.47 bits per heavy atom. The van der Waals surface area contributed by atoms with Crippen LogP contribution in [-0.4, -0.2) is 21.5 Å². The number of fused-ring (bicyclic) bond motifs is 1. The minimum absolute atomic E-state index is 0.0301. The molecule has 2 rings (SSSR count). The third-order valence-corrected chi connectivity index (χ3v) is 2.61. The SMILES string of the molecule is Cc1c(N)cc(F)c2nc(C(=O)OC(C)(C)C)[nH]c12. The molecular formula is C13H16FN3O2. The highest BCUT2D eigenvalue weighted by atomic mass is 19.1. The lowest BCUT2D eigenvalue weighted by molar-refractivity contribution is 0.00572. The summed E-state index contributed by atoms with van der Waals surface area (Å²) in [6.07, 6.45) is 0. The molecule has 1 aromatic heterocycles. The van der Waals surface area contributed by atoms with E-state index in [0.29, 0.717) is 16.8 Å². The number of aromatic amines is 1. The molecule has 0 aliphatic rings. The smallest absolute Gasteiger partial charge is 0.374 e. The topological polar surface area (TPSA) is 81.0 Å². The highest BCUT2D eigenvalue weighted by Gasteiger charge is 2.22. The monoisotopic (exact) mass is 265 g/mol. The third-order valence-electron chi connectivity index (χ3n) is 2.61. The van der Waals surface area contributed by atoms with Gasteiger partial charge in [0.15, 0.2) is 5.82 Å². The van der Waals surface area contributed by atoms with E-state index in [4.69, 9.17) is 10.5 Å². The van der Waals surface area contributed by atoms with Gasteiger partial charge in [0.1, 0.15) is 11.1 Å². The van der Waals surface area contributed by atoms with E-state index < -0.39 is 17.4 Å². The number of hydrogen-bond donors (Lipinski definition) is 2. The number of benzene rings is 1. The van der Waals surface area contributed by atoms with Crippen LogP contribution in [0.25, 0.3) is 11.0 Å². The summed E-state index contributed by atoms with van der Waals surface area (Å²) in [5.74, 6) is -1.22. The number of rotatable bonds is 1. The van der Waals surface area contributed by atoms with Crippen LogP contribution in [0.4, 0.5) is 10.1 Å². The van der Waals surface area contributed by atoms with Crippen molar-refractivity contribution in [2.75, 3.05) is 5.73 Å². The van der Waals surface area contributed by atoms with Gasteiger partial charge in [0.05, 0.1) is 5.52 Å². The molecule has 0 unspecified atom stereocenters. The highest BCUT2D eigenvalue weighted by molar-refractivity contribution is 5.93. The Morgan fingerprint density at radius 3 is 2.68 bits per heavy atom. The van der Waals surface area contributed by atoms with Crippen LogP contribution in [0.3, 0.4) is 0 Å². The Labute approximate surface area is 110 Å². The maximum atomic E-state index is 13.7. The molecule has 0 fully saturated rings. The first-order valence-electron chi connectivity index (χ1n) is 5.86. The van der Waals surface area contributed by atoms with E-state index in [-0.39, 0.29) is 11.3 Å². The van der Waals surface area contributed by atoms with Gasteiger partial charge in [0.25, 0.3) is 0 Å². The molecule has 102 valence electrons. The second-order valence-corrected chi connectivity index (χ2v) is 5.38. The van der Waals surface area contributed by atoms with Crippen molar-refractivity contribution in [3.63, 3.8) is 0 Å². The normalized spacial score (nSPS) is 11.8. The molecule has 0 aliphatic carbocycles. The fraction of sp³-hybridized carbons (Fsp3) is 0.385. The number of nitrogens with zero attached hydrogens (tertiary/aromatic N) is 1. The molecule has 0 saturated carbocycles. The summed E-state index contributed by atoms with van der Waals surface area (Å²) < 4.78 is 18.9. The molecule has 1 aromatic carbocycles. The number of halogens is 1. The molecule has 0 saturated heterocycles. The van der Waals surface area contributed by atoms with Crippen LogP contribution in [-0.2, 0) is 4.74 Å². The predicted molar refractivity (Wildman–Crippen MR) is 70.4 cm³/mol. The molecule has 0 amide bonds. The van der Waals surface area contributed by atoms with E-state index in [2.05, 4.69) is 9.97 Å². The fourth-order valence-electron chi connectivity index (χ4n) is 1.70. The molecule has 1 heterocycles. The quantitative estimate of drug-likeness (QED) is 0.613. The molecule has 19 heavy (non-hydrogen) atoms.